The van der Waals surface area contributed by atoms with E-state index < -0.39 is 12.0 Å². The first-order valence-corrected chi connectivity index (χ1v) is 9.33. The Morgan fingerprint density at radius 2 is 1.96 bits per heavy atom. The molecule has 1 aliphatic rings. The van der Waals surface area contributed by atoms with Crippen molar-refractivity contribution in [3.05, 3.63) is 18.0 Å². The van der Waals surface area contributed by atoms with E-state index in [-0.39, 0.29) is 18.2 Å². The van der Waals surface area contributed by atoms with Crippen LogP contribution in [0.4, 0.5) is 5.82 Å². The Morgan fingerprint density at radius 1 is 1.22 bits per heavy atom. The average molecular weight is 374 g/mol. The van der Waals surface area contributed by atoms with Gasteiger partial charge in [0.05, 0.1) is 7.11 Å². The zero-order valence-electron chi connectivity index (χ0n) is 16.0. The highest BCUT2D eigenvalue weighted by Gasteiger charge is 2.25. The van der Waals surface area contributed by atoms with E-state index in [1.165, 1.54) is 20.0 Å². The largest absolute Gasteiger partial charge is 0.467 e. The van der Waals surface area contributed by atoms with Crippen LogP contribution in [0.5, 0.6) is 0 Å². The minimum Gasteiger partial charge on any atom is -0.467 e. The summed E-state index contributed by atoms with van der Waals surface area (Å²) in [7, 11) is 1.32. The first-order valence-electron chi connectivity index (χ1n) is 9.33. The van der Waals surface area contributed by atoms with Crippen LogP contribution in [0.1, 0.15) is 38.9 Å². The number of hydrogen-bond acceptors (Lipinski definition) is 7. The van der Waals surface area contributed by atoms with Gasteiger partial charge >= 0.3 is 5.97 Å². The van der Waals surface area contributed by atoms with Crippen molar-refractivity contribution in [1.29, 1.82) is 0 Å². The summed E-state index contributed by atoms with van der Waals surface area (Å²) in [5.74, 6) is 0.797. The number of nitrogens with one attached hydrogen (secondary N) is 1. The van der Waals surface area contributed by atoms with Gasteiger partial charge in [-0.25, -0.2) is 4.79 Å². The van der Waals surface area contributed by atoms with E-state index in [1.807, 2.05) is 26.0 Å². The van der Waals surface area contributed by atoms with Crippen molar-refractivity contribution in [2.45, 2.75) is 45.6 Å². The third-order valence-corrected chi connectivity index (χ3v) is 4.76. The molecule has 3 rings (SSSR count). The molecule has 1 fully saturated rings. The zero-order valence-corrected chi connectivity index (χ0v) is 16.0. The van der Waals surface area contributed by atoms with Gasteiger partial charge in [-0.2, -0.15) is 4.52 Å². The maximum atomic E-state index is 12.3. The van der Waals surface area contributed by atoms with Gasteiger partial charge in [0.2, 0.25) is 5.91 Å². The van der Waals surface area contributed by atoms with E-state index in [1.54, 1.807) is 4.52 Å². The first kappa shape index (κ1) is 19.1. The van der Waals surface area contributed by atoms with Crippen molar-refractivity contribution in [2.75, 3.05) is 25.1 Å². The molecule has 0 spiro atoms. The number of aromatic nitrogens is 4. The van der Waals surface area contributed by atoms with Crippen LogP contribution < -0.4 is 10.2 Å². The van der Waals surface area contributed by atoms with Crippen molar-refractivity contribution in [3.8, 4) is 0 Å². The van der Waals surface area contributed by atoms with Crippen LogP contribution in [0.25, 0.3) is 5.65 Å². The highest BCUT2D eigenvalue weighted by molar-refractivity contribution is 5.84. The second-order valence-electron chi connectivity index (χ2n) is 7.08. The van der Waals surface area contributed by atoms with Crippen LogP contribution in [0.15, 0.2) is 12.1 Å². The molecule has 3 heterocycles. The van der Waals surface area contributed by atoms with Crippen LogP contribution in [0, 0.1) is 5.92 Å². The number of esters is 1. The van der Waals surface area contributed by atoms with E-state index in [0.717, 1.165) is 18.9 Å². The highest BCUT2D eigenvalue weighted by atomic mass is 16.5. The number of fused-ring (bicyclic) bond motifs is 1. The van der Waals surface area contributed by atoms with Gasteiger partial charge in [0.15, 0.2) is 11.5 Å². The molecule has 9 nitrogen and oxygen atoms in total. The number of hydrogen-bond donors (Lipinski definition) is 1. The lowest BCUT2D eigenvalue weighted by Crippen LogP contribution is -2.45. The van der Waals surface area contributed by atoms with Gasteiger partial charge in [-0.05, 0) is 30.9 Å². The fourth-order valence-corrected chi connectivity index (χ4v) is 3.19. The summed E-state index contributed by atoms with van der Waals surface area (Å²) in [6, 6.07) is 3.19. The third-order valence-electron chi connectivity index (χ3n) is 4.76. The van der Waals surface area contributed by atoms with Crippen molar-refractivity contribution in [3.63, 3.8) is 0 Å². The molecule has 27 heavy (non-hydrogen) atoms. The molecule has 1 atom stereocenters. The lowest BCUT2D eigenvalue weighted by molar-refractivity contribution is -0.146. The molecule has 0 saturated carbocycles. The van der Waals surface area contributed by atoms with Crippen LogP contribution in [0.2, 0.25) is 0 Å². The average Bonchev–Trinajstić information content (AvgIpc) is 3.33. The molecule has 1 amide bonds. The molecule has 2 aromatic rings. The smallest absolute Gasteiger partial charge is 0.328 e. The second-order valence-corrected chi connectivity index (χ2v) is 7.08. The van der Waals surface area contributed by atoms with E-state index in [0.29, 0.717) is 17.9 Å². The van der Waals surface area contributed by atoms with E-state index >= 15 is 0 Å². The summed E-state index contributed by atoms with van der Waals surface area (Å²) in [6.07, 6.45) is 2.92. The lowest BCUT2D eigenvalue weighted by atomic mass is 10.0. The third kappa shape index (κ3) is 4.35. The summed E-state index contributed by atoms with van der Waals surface area (Å²) in [6.45, 7) is 5.72. The molecule has 0 aliphatic carbocycles. The Balaban J connectivity index is 1.66. The van der Waals surface area contributed by atoms with Gasteiger partial charge < -0.3 is 15.0 Å². The summed E-state index contributed by atoms with van der Waals surface area (Å²) in [5.41, 5.74) is 0.656. The molecular weight excluding hydrogens is 348 g/mol. The molecule has 146 valence electrons. The number of aryl methyl sites for hydroxylation is 1. The SMILES string of the molecule is COC(=O)[C@H](NC(=O)CCc1nnc2ccc(N3CCCC3)nn12)C(C)C. The highest BCUT2D eigenvalue weighted by Crippen LogP contribution is 2.18. The van der Waals surface area contributed by atoms with Gasteiger partial charge in [-0.3, -0.25) is 4.79 Å². The Bertz CT molecular complexity index is 813. The van der Waals surface area contributed by atoms with Crippen LogP contribution in [-0.4, -0.2) is 57.9 Å². The topological polar surface area (TPSA) is 102 Å². The lowest BCUT2D eigenvalue weighted by Gasteiger charge is -2.19. The van der Waals surface area contributed by atoms with Gasteiger partial charge in [0.1, 0.15) is 11.9 Å². The predicted octanol–water partition coefficient (Wildman–Crippen LogP) is 0.971. The fraction of sp³-hybridized carbons (Fsp3) is 0.611. The molecule has 0 aromatic carbocycles. The number of amides is 1. The molecule has 9 heteroatoms. The number of ether oxygens (including phenoxy) is 1. The fourth-order valence-electron chi connectivity index (χ4n) is 3.19. The molecule has 0 radical (unpaired) electrons. The summed E-state index contributed by atoms with van der Waals surface area (Å²) >= 11 is 0. The Hall–Kier alpha value is -2.71. The summed E-state index contributed by atoms with van der Waals surface area (Å²) in [4.78, 5) is 26.3. The Kier molecular flexibility index (Phi) is 5.88. The summed E-state index contributed by atoms with van der Waals surface area (Å²) < 4.78 is 6.45. The van der Waals surface area contributed by atoms with Gasteiger partial charge in [0, 0.05) is 25.9 Å². The number of carbonyl (C=O) groups excluding carboxylic acids is 2. The Labute approximate surface area is 158 Å². The standard InChI is InChI=1S/C18H26N6O3/c1-12(2)17(18(26)27-3)19-16(25)9-8-14-21-20-13-6-7-15(22-24(13)14)23-10-4-5-11-23/h6-7,12,17H,4-5,8-11H2,1-3H3,(H,19,25)/t17-/m1/s1. The van der Waals surface area contributed by atoms with Crippen molar-refractivity contribution < 1.29 is 14.3 Å². The molecule has 1 N–H and O–H groups in total. The number of nitrogens with zero attached hydrogens (tertiary/aromatic N) is 5. The molecular formula is C18H26N6O3. The number of carbonyl (C=O) groups is 2. The molecule has 0 bridgehead atoms. The van der Waals surface area contributed by atoms with Gasteiger partial charge in [-0.1, -0.05) is 13.8 Å². The van der Waals surface area contributed by atoms with E-state index in [2.05, 4.69) is 25.5 Å². The van der Waals surface area contributed by atoms with Crippen LogP contribution in [-0.2, 0) is 20.7 Å². The van der Waals surface area contributed by atoms with Crippen molar-refractivity contribution >= 4 is 23.3 Å². The predicted molar refractivity (Wildman–Crippen MR) is 99.3 cm³/mol. The minimum absolute atomic E-state index is 0.0555. The molecule has 0 unspecified atom stereocenters. The Morgan fingerprint density at radius 3 is 2.63 bits per heavy atom. The van der Waals surface area contributed by atoms with E-state index in [9.17, 15) is 9.59 Å². The normalized spacial score (nSPS) is 15.3. The maximum absolute atomic E-state index is 12.3. The quantitative estimate of drug-likeness (QED) is 0.721. The van der Waals surface area contributed by atoms with Crippen LogP contribution in [0.3, 0.4) is 0 Å². The zero-order chi connectivity index (χ0) is 19.4. The molecule has 1 saturated heterocycles. The van der Waals surface area contributed by atoms with Crippen molar-refractivity contribution in [2.24, 2.45) is 5.92 Å². The molecule has 2 aromatic heterocycles. The van der Waals surface area contributed by atoms with Gasteiger partial charge in [-0.15, -0.1) is 15.3 Å². The second kappa shape index (κ2) is 8.32. The van der Waals surface area contributed by atoms with Crippen LogP contribution >= 0.6 is 0 Å². The van der Waals surface area contributed by atoms with Gasteiger partial charge in [0.25, 0.3) is 0 Å². The minimum atomic E-state index is -0.655. The number of anilines is 1. The molecule has 1 aliphatic heterocycles. The van der Waals surface area contributed by atoms with Crippen molar-refractivity contribution in [1.82, 2.24) is 25.1 Å². The maximum Gasteiger partial charge on any atom is 0.328 e. The summed E-state index contributed by atoms with van der Waals surface area (Å²) in [5, 5.41) is 15.7. The monoisotopic (exact) mass is 374 g/mol. The first-order chi connectivity index (χ1) is 13.0. The van der Waals surface area contributed by atoms with E-state index in [4.69, 9.17) is 4.74 Å². The number of methoxy groups -OCH3 is 1. The number of rotatable bonds is 7.